The van der Waals surface area contributed by atoms with Gasteiger partial charge >= 0.3 is 0 Å². The van der Waals surface area contributed by atoms with Gasteiger partial charge in [-0.1, -0.05) is 18.2 Å². The molecule has 6 nitrogen and oxygen atoms in total. The minimum Gasteiger partial charge on any atom is -0.339 e. The highest BCUT2D eigenvalue weighted by Crippen LogP contribution is 2.24. The molecule has 2 aromatic heterocycles. The molecule has 2 heterocycles. The smallest absolute Gasteiger partial charge is 0.137 e. The normalized spacial score (nSPS) is 11.8. The molecule has 0 spiro atoms. The summed E-state index contributed by atoms with van der Waals surface area (Å²) in [6.45, 7) is 3.76. The van der Waals surface area contributed by atoms with Crippen molar-refractivity contribution in [2.24, 2.45) is 0 Å². The van der Waals surface area contributed by atoms with Crippen molar-refractivity contribution in [3.8, 4) is 0 Å². The van der Waals surface area contributed by atoms with E-state index in [1.54, 1.807) is 12.3 Å². The quantitative estimate of drug-likeness (QED) is 0.728. The van der Waals surface area contributed by atoms with Crippen molar-refractivity contribution in [1.29, 1.82) is 0 Å². The average molecular weight is 353 g/mol. The van der Waals surface area contributed by atoms with Gasteiger partial charge in [-0.25, -0.2) is 15.0 Å². The first kappa shape index (κ1) is 17.0. The molecule has 0 fully saturated rings. The highest BCUT2D eigenvalue weighted by molar-refractivity contribution is 7.84. The molecule has 0 amide bonds. The number of hydrogen-bond acceptors (Lipinski definition) is 6. The van der Waals surface area contributed by atoms with E-state index in [9.17, 15) is 4.21 Å². The van der Waals surface area contributed by atoms with Crippen LogP contribution in [0.3, 0.4) is 0 Å². The topological polar surface area (TPSA) is 79.8 Å². The minimum atomic E-state index is -1.09. The fourth-order valence-electron chi connectivity index (χ4n) is 2.40. The number of para-hydroxylation sites is 1. The fraction of sp³-hybridized carbons (Fsp3) is 0.167. The molecule has 1 aromatic carbocycles. The van der Waals surface area contributed by atoms with E-state index in [1.165, 1.54) is 0 Å². The minimum absolute atomic E-state index is 0.621. The van der Waals surface area contributed by atoms with Gasteiger partial charge < -0.3 is 10.6 Å². The van der Waals surface area contributed by atoms with Gasteiger partial charge in [-0.15, -0.1) is 0 Å². The van der Waals surface area contributed by atoms with Crippen molar-refractivity contribution in [2.75, 3.05) is 16.9 Å². The third-order valence-corrected chi connectivity index (χ3v) is 4.42. The van der Waals surface area contributed by atoms with E-state index in [0.29, 0.717) is 17.5 Å². The van der Waals surface area contributed by atoms with Gasteiger partial charge in [0.2, 0.25) is 0 Å². The van der Waals surface area contributed by atoms with Crippen LogP contribution in [0.15, 0.2) is 53.4 Å². The van der Waals surface area contributed by atoms with Crippen LogP contribution in [-0.2, 0) is 10.8 Å². The van der Waals surface area contributed by atoms with Crippen LogP contribution in [0.1, 0.15) is 11.5 Å². The molecule has 0 bridgehead atoms. The Kier molecular flexibility index (Phi) is 5.04. The zero-order valence-corrected chi connectivity index (χ0v) is 15.1. The molecule has 0 radical (unpaired) electrons. The summed E-state index contributed by atoms with van der Waals surface area (Å²) in [6, 6.07) is 15.0. The summed E-state index contributed by atoms with van der Waals surface area (Å²) in [7, 11) is -1.09. The van der Waals surface area contributed by atoms with Gasteiger partial charge in [-0.2, -0.15) is 0 Å². The molecule has 3 rings (SSSR count). The predicted octanol–water partition coefficient (Wildman–Crippen LogP) is 3.71. The monoisotopic (exact) mass is 353 g/mol. The van der Waals surface area contributed by atoms with Crippen LogP contribution in [0, 0.1) is 13.8 Å². The Morgan fingerprint density at radius 1 is 0.840 bits per heavy atom. The molecule has 7 heteroatoms. The highest BCUT2D eigenvalue weighted by Gasteiger charge is 2.08. The van der Waals surface area contributed by atoms with E-state index in [1.807, 2.05) is 56.3 Å². The van der Waals surface area contributed by atoms with Crippen molar-refractivity contribution < 1.29 is 4.21 Å². The molecule has 2 N–H and O–H groups in total. The fourth-order valence-corrected chi connectivity index (χ4v) is 3.10. The van der Waals surface area contributed by atoms with Gasteiger partial charge in [-0.3, -0.25) is 4.21 Å². The number of hydrogen-bond donors (Lipinski definition) is 2. The van der Waals surface area contributed by atoms with Gasteiger partial charge in [0.1, 0.15) is 23.3 Å². The molecule has 0 aliphatic rings. The van der Waals surface area contributed by atoms with Crippen molar-refractivity contribution >= 4 is 33.9 Å². The third-order valence-electron chi connectivity index (χ3n) is 3.44. The van der Waals surface area contributed by atoms with Gasteiger partial charge in [-0.05, 0) is 38.1 Å². The summed E-state index contributed by atoms with van der Waals surface area (Å²) in [4.78, 5) is 14.0. The van der Waals surface area contributed by atoms with Gasteiger partial charge in [0.15, 0.2) is 0 Å². The zero-order chi connectivity index (χ0) is 17.8. The standard InChI is InChI=1S/C18H19N5OS/c1-12-7-6-10-16(19-12)23-18-11-17(20-13(2)21-18)22-14-8-4-5-9-15(14)25(3)24/h4-11H,1-3H3,(H2,19,20,21,22,23). The van der Waals surface area contributed by atoms with Crippen LogP contribution < -0.4 is 10.6 Å². The highest BCUT2D eigenvalue weighted by atomic mass is 32.2. The number of benzene rings is 1. The summed E-state index contributed by atoms with van der Waals surface area (Å²) in [5, 5.41) is 6.41. The Bertz CT molecular complexity index is 929. The van der Waals surface area contributed by atoms with Gasteiger partial charge in [0.05, 0.1) is 21.4 Å². The van der Waals surface area contributed by atoms with Crippen LogP contribution in [0.2, 0.25) is 0 Å². The van der Waals surface area contributed by atoms with Gasteiger partial charge in [0.25, 0.3) is 0 Å². The number of nitrogens with zero attached hydrogens (tertiary/aromatic N) is 3. The third kappa shape index (κ3) is 4.39. The number of pyridine rings is 1. The number of aromatic nitrogens is 3. The molecule has 3 aromatic rings. The van der Waals surface area contributed by atoms with Crippen LogP contribution >= 0.6 is 0 Å². The molecule has 25 heavy (non-hydrogen) atoms. The van der Waals surface area contributed by atoms with Crippen molar-refractivity contribution in [1.82, 2.24) is 15.0 Å². The number of rotatable bonds is 5. The Morgan fingerprint density at radius 3 is 2.28 bits per heavy atom. The zero-order valence-electron chi connectivity index (χ0n) is 14.3. The first-order valence-electron chi connectivity index (χ1n) is 7.77. The van der Waals surface area contributed by atoms with Crippen LogP contribution in [-0.4, -0.2) is 25.4 Å². The summed E-state index contributed by atoms with van der Waals surface area (Å²) < 4.78 is 11.9. The largest absolute Gasteiger partial charge is 0.339 e. The SMILES string of the molecule is Cc1cccc(Nc2cc(Nc3ccccc3S(C)=O)nc(C)n2)n1. The second-order valence-electron chi connectivity index (χ2n) is 5.55. The molecule has 128 valence electrons. The summed E-state index contributed by atoms with van der Waals surface area (Å²) in [5.41, 5.74) is 1.69. The molecule has 0 aliphatic heterocycles. The number of anilines is 4. The average Bonchev–Trinajstić information content (AvgIpc) is 2.54. The van der Waals surface area contributed by atoms with E-state index >= 15 is 0 Å². The van der Waals surface area contributed by atoms with Crippen LogP contribution in [0.5, 0.6) is 0 Å². The predicted molar refractivity (Wildman–Crippen MR) is 101 cm³/mol. The van der Waals surface area contributed by atoms with Crippen LogP contribution in [0.25, 0.3) is 0 Å². The maximum absolute atomic E-state index is 11.9. The summed E-state index contributed by atoms with van der Waals surface area (Å²) in [5.74, 6) is 2.61. The molecule has 0 saturated carbocycles. The first-order valence-corrected chi connectivity index (χ1v) is 9.33. The maximum atomic E-state index is 11.9. The Hall–Kier alpha value is -2.80. The lowest BCUT2D eigenvalue weighted by molar-refractivity contribution is 0.687. The second kappa shape index (κ2) is 7.40. The summed E-state index contributed by atoms with van der Waals surface area (Å²) >= 11 is 0. The lowest BCUT2D eigenvalue weighted by atomic mass is 10.3. The lowest BCUT2D eigenvalue weighted by Crippen LogP contribution is -2.04. The Morgan fingerprint density at radius 2 is 1.56 bits per heavy atom. The van der Waals surface area contributed by atoms with E-state index < -0.39 is 10.8 Å². The summed E-state index contributed by atoms with van der Waals surface area (Å²) in [6.07, 6.45) is 1.65. The lowest BCUT2D eigenvalue weighted by Gasteiger charge is -2.12. The molecular formula is C18H19N5OS. The molecule has 0 saturated heterocycles. The number of nitrogens with one attached hydrogen (secondary N) is 2. The van der Waals surface area contributed by atoms with E-state index in [2.05, 4.69) is 25.6 Å². The van der Waals surface area contributed by atoms with Crippen molar-refractivity contribution in [2.45, 2.75) is 18.7 Å². The Labute approximate surface area is 149 Å². The Balaban J connectivity index is 1.88. The first-order chi connectivity index (χ1) is 12.0. The van der Waals surface area contributed by atoms with Gasteiger partial charge in [0, 0.05) is 18.0 Å². The molecule has 0 aliphatic carbocycles. The number of aryl methyl sites for hydroxylation is 2. The van der Waals surface area contributed by atoms with E-state index in [-0.39, 0.29) is 0 Å². The molecule has 1 atom stereocenters. The molecular weight excluding hydrogens is 334 g/mol. The molecule has 1 unspecified atom stereocenters. The van der Waals surface area contributed by atoms with Crippen molar-refractivity contribution in [3.63, 3.8) is 0 Å². The van der Waals surface area contributed by atoms with Crippen molar-refractivity contribution in [3.05, 3.63) is 60.0 Å². The van der Waals surface area contributed by atoms with E-state index in [4.69, 9.17) is 0 Å². The second-order valence-corrected chi connectivity index (χ2v) is 6.90. The maximum Gasteiger partial charge on any atom is 0.137 e. The van der Waals surface area contributed by atoms with Crippen LogP contribution in [0.4, 0.5) is 23.1 Å². The van der Waals surface area contributed by atoms with E-state index in [0.717, 1.165) is 22.1 Å².